The molecule has 39 heavy (non-hydrogen) atoms. The molecule has 0 aliphatic heterocycles. The number of nitrogens with zero attached hydrogens (tertiary/aromatic N) is 5. The van der Waals surface area contributed by atoms with Crippen LogP contribution < -0.4 is 15.6 Å². The van der Waals surface area contributed by atoms with Crippen molar-refractivity contribution in [3.8, 4) is 0 Å². The van der Waals surface area contributed by atoms with Gasteiger partial charge in [-0.1, -0.05) is 6.07 Å². The van der Waals surface area contributed by atoms with E-state index in [1.165, 1.54) is 29.3 Å². The molecule has 1 aromatic heterocycles. The molecular formula is C26H33F2N7O3S. The summed E-state index contributed by atoms with van der Waals surface area (Å²) in [5, 5.41) is 20.3. The molecule has 0 spiro atoms. The van der Waals surface area contributed by atoms with Crippen LogP contribution in [0.4, 0.5) is 25.0 Å². The summed E-state index contributed by atoms with van der Waals surface area (Å²) >= 11 is 5.63. The Morgan fingerprint density at radius 3 is 2.38 bits per heavy atom. The van der Waals surface area contributed by atoms with Gasteiger partial charge in [-0.3, -0.25) is 5.01 Å². The van der Waals surface area contributed by atoms with Gasteiger partial charge in [0.1, 0.15) is 35.5 Å². The average molecular weight is 562 g/mol. The Kier molecular flexibility index (Phi) is 9.07. The predicted octanol–water partition coefficient (Wildman–Crippen LogP) is 4.04. The molecule has 0 radical (unpaired) electrons. The molecule has 13 heteroatoms. The molecule has 210 valence electrons. The van der Waals surface area contributed by atoms with Crippen molar-refractivity contribution >= 4 is 34.8 Å². The van der Waals surface area contributed by atoms with Gasteiger partial charge in [-0.25, -0.2) is 28.7 Å². The Bertz CT molecular complexity index is 1280. The van der Waals surface area contributed by atoms with Gasteiger partial charge in [0.05, 0.1) is 12.6 Å². The normalized spacial score (nSPS) is 13.7. The average Bonchev–Trinajstić information content (AvgIpc) is 3.34. The van der Waals surface area contributed by atoms with Gasteiger partial charge in [-0.15, -0.1) is 0 Å². The Hall–Kier alpha value is -3.84. The van der Waals surface area contributed by atoms with E-state index in [9.17, 15) is 14.3 Å². The van der Waals surface area contributed by atoms with E-state index in [1.807, 2.05) is 31.1 Å². The van der Waals surface area contributed by atoms with Crippen molar-refractivity contribution in [2.75, 3.05) is 24.3 Å². The van der Waals surface area contributed by atoms with E-state index >= 15 is 4.39 Å². The fourth-order valence-electron chi connectivity index (χ4n) is 3.81. The van der Waals surface area contributed by atoms with Gasteiger partial charge in [0, 0.05) is 37.1 Å². The lowest BCUT2D eigenvalue weighted by Gasteiger charge is -2.42. The Labute approximate surface area is 231 Å². The monoisotopic (exact) mass is 561 g/mol. The molecule has 1 amide bonds. The zero-order valence-corrected chi connectivity index (χ0v) is 23.5. The summed E-state index contributed by atoms with van der Waals surface area (Å²) in [7, 11) is 3.82. The van der Waals surface area contributed by atoms with Gasteiger partial charge in [-0.05, 0) is 70.2 Å². The number of amides is 1. The molecule has 3 aromatic rings. The summed E-state index contributed by atoms with van der Waals surface area (Å²) in [5.74, 6) is -1.80. The van der Waals surface area contributed by atoms with E-state index in [-0.39, 0.29) is 17.2 Å². The predicted molar refractivity (Wildman–Crippen MR) is 148 cm³/mol. The zero-order valence-electron chi connectivity index (χ0n) is 22.6. The van der Waals surface area contributed by atoms with Gasteiger partial charge >= 0.3 is 6.09 Å². The number of hydrogen-bond acceptors (Lipinski definition) is 7. The smallest absolute Gasteiger partial charge is 0.426 e. The second kappa shape index (κ2) is 11.9. The molecule has 1 heterocycles. The highest BCUT2D eigenvalue weighted by molar-refractivity contribution is 7.80. The van der Waals surface area contributed by atoms with E-state index in [4.69, 9.17) is 17.0 Å². The Morgan fingerprint density at radius 2 is 1.85 bits per heavy atom. The van der Waals surface area contributed by atoms with Crippen molar-refractivity contribution in [1.29, 1.82) is 0 Å². The first-order chi connectivity index (χ1) is 18.2. The molecule has 0 saturated carbocycles. The molecule has 0 unspecified atom stereocenters. The molecule has 3 rings (SSSR count). The van der Waals surface area contributed by atoms with Crippen LogP contribution in [0, 0.1) is 11.6 Å². The summed E-state index contributed by atoms with van der Waals surface area (Å²) in [6.07, 6.45) is 1.74. The minimum Gasteiger partial charge on any atom is -0.443 e. The van der Waals surface area contributed by atoms with Crippen LogP contribution in [-0.2, 0) is 16.9 Å². The lowest BCUT2D eigenvalue weighted by atomic mass is 9.86. The summed E-state index contributed by atoms with van der Waals surface area (Å²) in [5.41, 5.74) is 0.954. The minimum atomic E-state index is -2.10. The fourth-order valence-corrected chi connectivity index (χ4v) is 4.13. The molecular weight excluding hydrogens is 528 g/mol. The van der Waals surface area contributed by atoms with Gasteiger partial charge in [-0.2, -0.15) is 5.10 Å². The first-order valence-electron chi connectivity index (χ1n) is 12.1. The maximum absolute atomic E-state index is 15.1. The molecule has 0 aliphatic rings. The number of ether oxygens (including phenoxy) is 1. The Morgan fingerprint density at radius 1 is 1.18 bits per heavy atom. The van der Waals surface area contributed by atoms with Crippen LogP contribution in [0.5, 0.6) is 0 Å². The van der Waals surface area contributed by atoms with Crippen molar-refractivity contribution in [2.24, 2.45) is 0 Å². The third-order valence-electron chi connectivity index (χ3n) is 5.81. The van der Waals surface area contributed by atoms with E-state index in [1.54, 1.807) is 32.9 Å². The Balaban J connectivity index is 2.03. The number of thiocarbonyl (C=S) groups is 1. The number of benzene rings is 2. The van der Waals surface area contributed by atoms with Crippen LogP contribution in [0.1, 0.15) is 33.3 Å². The third kappa shape index (κ3) is 7.60. The highest BCUT2D eigenvalue weighted by Crippen LogP contribution is 2.33. The van der Waals surface area contributed by atoms with Crippen molar-refractivity contribution in [3.05, 3.63) is 72.3 Å². The number of aromatic nitrogens is 3. The number of aliphatic hydroxyl groups is 1. The van der Waals surface area contributed by atoms with E-state index in [2.05, 4.69) is 20.8 Å². The van der Waals surface area contributed by atoms with Crippen LogP contribution in [-0.4, -0.2) is 61.8 Å². The summed E-state index contributed by atoms with van der Waals surface area (Å²) in [6.45, 7) is 6.30. The molecule has 0 aliphatic carbocycles. The number of anilines is 2. The standard InChI is InChI=1S/C26H33F2N7O3S/c1-17(26(37,14-34-16-29-15-30-34)21-12-7-18(27)13-22(21)28)35(32-24(36)38-25(2,3)4)23(39)31-19-8-10-20(11-9-19)33(5)6/h7-13,15-17,37H,14H2,1-6H3,(H,31,39)(H,32,36)/t17-,26-/m1/s1. The second-order valence-corrected chi connectivity index (χ2v) is 10.6. The first-order valence-corrected chi connectivity index (χ1v) is 12.5. The third-order valence-corrected chi connectivity index (χ3v) is 6.11. The zero-order chi connectivity index (χ0) is 29.0. The van der Waals surface area contributed by atoms with E-state index in [0.717, 1.165) is 17.8 Å². The largest absolute Gasteiger partial charge is 0.443 e. The molecule has 10 nitrogen and oxygen atoms in total. The van der Waals surface area contributed by atoms with Crippen LogP contribution >= 0.6 is 12.2 Å². The molecule has 0 saturated heterocycles. The number of carbonyl (C=O) groups excluding carboxylic acids is 1. The van der Waals surface area contributed by atoms with Crippen LogP contribution in [0.2, 0.25) is 0 Å². The minimum absolute atomic E-state index is 0.0227. The SMILES string of the molecule is C[C@@H](N(NC(=O)OC(C)(C)C)C(=S)Nc1ccc(N(C)C)cc1)[C@](O)(Cn1cncn1)c1ccc(F)cc1F. The van der Waals surface area contributed by atoms with Gasteiger partial charge < -0.3 is 20.1 Å². The van der Waals surface area contributed by atoms with Gasteiger partial charge in [0.15, 0.2) is 5.11 Å². The quantitative estimate of drug-likeness (QED) is 0.291. The highest BCUT2D eigenvalue weighted by Gasteiger charge is 2.44. The van der Waals surface area contributed by atoms with Crippen LogP contribution in [0.15, 0.2) is 55.1 Å². The number of halogens is 2. The van der Waals surface area contributed by atoms with Crippen LogP contribution in [0.3, 0.4) is 0 Å². The van der Waals surface area contributed by atoms with Crippen molar-refractivity contribution in [2.45, 2.75) is 51.5 Å². The van der Waals surface area contributed by atoms with Gasteiger partial charge in [0.2, 0.25) is 0 Å². The number of hydrazine groups is 1. The number of carbonyl (C=O) groups is 1. The summed E-state index contributed by atoms with van der Waals surface area (Å²) < 4.78 is 35.6. The fraction of sp³-hybridized carbons (Fsp3) is 0.385. The van der Waals surface area contributed by atoms with E-state index in [0.29, 0.717) is 11.8 Å². The van der Waals surface area contributed by atoms with Crippen LogP contribution in [0.25, 0.3) is 0 Å². The number of rotatable bonds is 7. The maximum Gasteiger partial charge on any atom is 0.426 e. The maximum atomic E-state index is 15.1. The van der Waals surface area contributed by atoms with Gasteiger partial charge in [0.25, 0.3) is 0 Å². The molecule has 0 fully saturated rings. The molecule has 3 N–H and O–H groups in total. The number of nitrogens with one attached hydrogen (secondary N) is 2. The first kappa shape index (κ1) is 29.7. The highest BCUT2D eigenvalue weighted by atomic mass is 32.1. The topological polar surface area (TPSA) is 108 Å². The van der Waals surface area contributed by atoms with Crippen molar-refractivity contribution in [1.82, 2.24) is 25.2 Å². The summed E-state index contributed by atoms with van der Waals surface area (Å²) in [4.78, 5) is 18.7. The van der Waals surface area contributed by atoms with Crippen molar-refractivity contribution < 1.29 is 23.4 Å². The lowest BCUT2D eigenvalue weighted by molar-refractivity contribution is -0.0574. The van der Waals surface area contributed by atoms with Crippen molar-refractivity contribution in [3.63, 3.8) is 0 Å². The molecule has 0 bridgehead atoms. The second-order valence-electron chi connectivity index (χ2n) is 10.2. The van der Waals surface area contributed by atoms with E-state index < -0.39 is 35.0 Å². The molecule has 2 atom stereocenters. The lowest BCUT2D eigenvalue weighted by Crippen LogP contribution is -2.61. The molecule has 2 aromatic carbocycles. The summed E-state index contributed by atoms with van der Waals surface area (Å²) in [6, 6.07) is 9.02. The number of hydrogen-bond donors (Lipinski definition) is 3.